The minimum atomic E-state index is -0.496. The van der Waals surface area contributed by atoms with Crippen molar-refractivity contribution in [1.29, 1.82) is 0 Å². The van der Waals surface area contributed by atoms with Gasteiger partial charge in [0.2, 0.25) is 5.75 Å². The maximum Gasteiger partial charge on any atom is 0.200 e. The van der Waals surface area contributed by atoms with Crippen molar-refractivity contribution in [2.45, 2.75) is 13.0 Å². The molecule has 0 fully saturated rings. The highest BCUT2D eigenvalue weighted by atomic mass is 16.5. The SMILES string of the molecule is COc1cc(/C=C/C(=O)CC(=O)/C=C/c2cc(O)c(O)c(CO)c2)cc(O)c1O. The number of aliphatic hydroxyl groups excluding tert-OH is 1. The summed E-state index contributed by atoms with van der Waals surface area (Å²) in [5.74, 6) is -2.64. The lowest BCUT2D eigenvalue weighted by Crippen LogP contribution is -2.02. The lowest BCUT2D eigenvalue weighted by atomic mass is 10.1. The number of methoxy groups -OCH3 is 1. The molecule has 0 bridgehead atoms. The Morgan fingerprint density at radius 1 is 0.862 bits per heavy atom. The highest BCUT2D eigenvalue weighted by Crippen LogP contribution is 2.36. The molecule has 0 saturated carbocycles. The van der Waals surface area contributed by atoms with E-state index in [0.29, 0.717) is 11.1 Å². The van der Waals surface area contributed by atoms with Gasteiger partial charge < -0.3 is 30.3 Å². The van der Waals surface area contributed by atoms with Crippen LogP contribution in [0.4, 0.5) is 0 Å². The molecule has 0 aliphatic rings. The van der Waals surface area contributed by atoms with Gasteiger partial charge in [0, 0.05) is 5.56 Å². The fraction of sp³-hybridized carbons (Fsp3) is 0.143. The van der Waals surface area contributed by atoms with Gasteiger partial charge in [-0.2, -0.15) is 0 Å². The Morgan fingerprint density at radius 3 is 1.90 bits per heavy atom. The highest BCUT2D eigenvalue weighted by Gasteiger charge is 2.10. The number of hydrogen-bond acceptors (Lipinski definition) is 8. The van der Waals surface area contributed by atoms with Crippen molar-refractivity contribution in [3.05, 3.63) is 53.1 Å². The Hall–Kier alpha value is -3.78. The summed E-state index contributed by atoms with van der Waals surface area (Å²) in [4.78, 5) is 23.9. The number of carbonyl (C=O) groups excluding carboxylic acids is 2. The van der Waals surface area contributed by atoms with E-state index in [1.54, 1.807) is 0 Å². The summed E-state index contributed by atoms with van der Waals surface area (Å²) in [5.41, 5.74) is 0.862. The molecular formula is C21H20O8. The van der Waals surface area contributed by atoms with Crippen molar-refractivity contribution >= 4 is 23.7 Å². The zero-order valence-electron chi connectivity index (χ0n) is 15.5. The second-order valence-corrected chi connectivity index (χ2v) is 6.07. The Morgan fingerprint density at radius 2 is 1.38 bits per heavy atom. The van der Waals surface area contributed by atoms with Crippen molar-refractivity contribution in [2.24, 2.45) is 0 Å². The summed E-state index contributed by atoms with van der Waals surface area (Å²) in [5, 5.41) is 47.5. The maximum absolute atomic E-state index is 12.0. The second kappa shape index (κ2) is 9.43. The van der Waals surface area contributed by atoms with Crippen LogP contribution in [0.2, 0.25) is 0 Å². The molecule has 0 amide bonds. The third kappa shape index (κ3) is 5.60. The molecule has 0 saturated heterocycles. The van der Waals surface area contributed by atoms with Gasteiger partial charge in [-0.1, -0.05) is 12.2 Å². The summed E-state index contributed by atoms with van der Waals surface area (Å²) < 4.78 is 4.90. The van der Waals surface area contributed by atoms with Gasteiger partial charge in [0.25, 0.3) is 0 Å². The third-order valence-electron chi connectivity index (χ3n) is 3.93. The van der Waals surface area contributed by atoms with Gasteiger partial charge in [0.05, 0.1) is 20.1 Å². The van der Waals surface area contributed by atoms with Crippen molar-refractivity contribution in [3.63, 3.8) is 0 Å². The van der Waals surface area contributed by atoms with Crippen LogP contribution in [-0.4, -0.2) is 44.2 Å². The van der Waals surface area contributed by atoms with Crippen LogP contribution < -0.4 is 4.74 Å². The molecular weight excluding hydrogens is 380 g/mol. The van der Waals surface area contributed by atoms with Gasteiger partial charge in [0.15, 0.2) is 34.6 Å². The first-order valence-corrected chi connectivity index (χ1v) is 8.42. The fourth-order valence-corrected chi connectivity index (χ4v) is 2.45. The van der Waals surface area contributed by atoms with Crippen molar-refractivity contribution in [3.8, 4) is 28.7 Å². The average molecular weight is 400 g/mol. The number of aliphatic hydroxyl groups is 1. The number of allylic oxidation sites excluding steroid dienone is 2. The molecule has 0 radical (unpaired) electrons. The van der Waals surface area contributed by atoms with E-state index in [9.17, 15) is 30.0 Å². The van der Waals surface area contributed by atoms with Crippen molar-refractivity contribution in [1.82, 2.24) is 0 Å². The average Bonchev–Trinajstić information content (AvgIpc) is 2.69. The van der Waals surface area contributed by atoms with Gasteiger partial charge in [-0.3, -0.25) is 9.59 Å². The van der Waals surface area contributed by atoms with Crippen LogP contribution in [0.1, 0.15) is 23.1 Å². The summed E-state index contributed by atoms with van der Waals surface area (Å²) in [6, 6.07) is 5.26. The number of benzene rings is 2. The Kier molecular flexibility index (Phi) is 6.99. The van der Waals surface area contributed by atoms with Gasteiger partial charge >= 0.3 is 0 Å². The molecule has 0 aliphatic heterocycles. The minimum Gasteiger partial charge on any atom is -0.504 e. The molecule has 0 aliphatic carbocycles. The van der Waals surface area contributed by atoms with Gasteiger partial charge in [-0.15, -0.1) is 0 Å². The van der Waals surface area contributed by atoms with E-state index >= 15 is 0 Å². The number of ketones is 2. The smallest absolute Gasteiger partial charge is 0.200 e. The first-order valence-electron chi connectivity index (χ1n) is 8.42. The quantitative estimate of drug-likeness (QED) is 0.258. The number of hydrogen-bond donors (Lipinski definition) is 5. The van der Waals surface area contributed by atoms with E-state index in [4.69, 9.17) is 9.84 Å². The Labute approximate surface area is 166 Å². The Bertz CT molecular complexity index is 909. The lowest BCUT2D eigenvalue weighted by molar-refractivity contribution is -0.121. The van der Waals surface area contributed by atoms with Crippen LogP contribution in [-0.2, 0) is 16.2 Å². The van der Waals surface area contributed by atoms with E-state index in [2.05, 4.69) is 0 Å². The molecule has 0 unspecified atom stereocenters. The number of carbonyl (C=O) groups is 2. The molecule has 0 aromatic heterocycles. The molecule has 2 rings (SSSR count). The monoisotopic (exact) mass is 400 g/mol. The van der Waals surface area contributed by atoms with Crippen LogP contribution in [0.5, 0.6) is 28.7 Å². The molecule has 29 heavy (non-hydrogen) atoms. The van der Waals surface area contributed by atoms with Gasteiger partial charge in [-0.05, 0) is 47.5 Å². The molecule has 2 aromatic carbocycles. The number of ether oxygens (including phenoxy) is 1. The molecule has 152 valence electrons. The zero-order chi connectivity index (χ0) is 21.6. The summed E-state index contributed by atoms with van der Waals surface area (Å²) in [7, 11) is 1.31. The Balaban J connectivity index is 2.03. The van der Waals surface area contributed by atoms with E-state index in [-0.39, 0.29) is 11.3 Å². The number of rotatable bonds is 8. The van der Waals surface area contributed by atoms with E-state index in [1.165, 1.54) is 43.5 Å². The van der Waals surface area contributed by atoms with Crippen LogP contribution >= 0.6 is 0 Å². The normalized spacial score (nSPS) is 11.2. The topological polar surface area (TPSA) is 145 Å². The molecule has 8 heteroatoms. The first-order chi connectivity index (χ1) is 13.7. The third-order valence-corrected chi connectivity index (χ3v) is 3.93. The molecule has 2 aromatic rings. The van der Waals surface area contributed by atoms with Crippen molar-refractivity contribution < 1.29 is 39.9 Å². The van der Waals surface area contributed by atoms with Crippen LogP contribution in [0.25, 0.3) is 12.2 Å². The van der Waals surface area contributed by atoms with E-state index < -0.39 is 47.6 Å². The van der Waals surface area contributed by atoms with Crippen LogP contribution in [0.15, 0.2) is 36.4 Å². The molecule has 5 N–H and O–H groups in total. The lowest BCUT2D eigenvalue weighted by Gasteiger charge is -2.06. The summed E-state index contributed by atoms with van der Waals surface area (Å²) in [6.45, 7) is -0.490. The van der Waals surface area contributed by atoms with Gasteiger partial charge in [-0.25, -0.2) is 0 Å². The minimum absolute atomic E-state index is 0.0375. The largest absolute Gasteiger partial charge is 0.504 e. The summed E-state index contributed by atoms with van der Waals surface area (Å²) in [6.07, 6.45) is 4.61. The molecule has 8 nitrogen and oxygen atoms in total. The van der Waals surface area contributed by atoms with Gasteiger partial charge in [0.1, 0.15) is 0 Å². The zero-order valence-corrected chi connectivity index (χ0v) is 15.5. The fourth-order valence-electron chi connectivity index (χ4n) is 2.45. The first kappa shape index (κ1) is 21.5. The second-order valence-electron chi connectivity index (χ2n) is 6.07. The standard InChI is InChI=1S/C21H20O8/c1-29-19-9-13(8-18(26)21(19)28)3-5-16(24)10-15(23)4-2-12-6-14(11-22)20(27)17(25)7-12/h2-9,22,25-28H,10-11H2,1H3/b4-2+,5-3+. The molecule has 0 atom stereocenters. The predicted molar refractivity (Wildman–Crippen MR) is 105 cm³/mol. The summed E-state index contributed by atoms with van der Waals surface area (Å²) >= 11 is 0. The predicted octanol–water partition coefficient (Wildman–Crippen LogP) is 2.26. The molecule has 0 spiro atoms. The van der Waals surface area contributed by atoms with Crippen LogP contribution in [0, 0.1) is 0 Å². The number of phenols is 4. The van der Waals surface area contributed by atoms with Crippen molar-refractivity contribution in [2.75, 3.05) is 7.11 Å². The molecule has 0 heterocycles. The highest BCUT2D eigenvalue weighted by molar-refractivity contribution is 6.10. The number of phenolic OH excluding ortho intramolecular Hbond substituents is 3. The number of aromatic hydroxyl groups is 4. The van der Waals surface area contributed by atoms with E-state index in [0.717, 1.165) is 12.2 Å². The van der Waals surface area contributed by atoms with E-state index in [1.807, 2.05) is 0 Å². The van der Waals surface area contributed by atoms with Crippen LogP contribution in [0.3, 0.4) is 0 Å². The maximum atomic E-state index is 12.0.